The zero-order valence-electron chi connectivity index (χ0n) is 21.2. The summed E-state index contributed by atoms with van der Waals surface area (Å²) in [6.45, 7) is 4.27. The monoisotopic (exact) mass is 519 g/mol. The van der Waals surface area contributed by atoms with E-state index in [1.165, 1.54) is 5.56 Å². The van der Waals surface area contributed by atoms with Crippen LogP contribution in [0.3, 0.4) is 0 Å². The van der Waals surface area contributed by atoms with Crippen molar-refractivity contribution in [1.82, 2.24) is 15.1 Å². The number of benzene rings is 3. The molecule has 0 unspecified atom stereocenters. The van der Waals surface area contributed by atoms with Gasteiger partial charge in [0.15, 0.2) is 0 Å². The van der Waals surface area contributed by atoms with Crippen LogP contribution in [0.1, 0.15) is 35.1 Å². The van der Waals surface area contributed by atoms with Crippen LogP contribution < -0.4 is 10.1 Å². The van der Waals surface area contributed by atoms with Gasteiger partial charge in [-0.3, -0.25) is 4.90 Å². The Kier molecular flexibility index (Phi) is 8.29. The Morgan fingerprint density at radius 3 is 2.49 bits per heavy atom. The molecule has 0 spiro atoms. The summed E-state index contributed by atoms with van der Waals surface area (Å²) in [5.41, 5.74) is 3.46. The van der Waals surface area contributed by atoms with E-state index in [4.69, 9.17) is 21.1 Å². The highest BCUT2D eigenvalue weighted by Gasteiger charge is 2.40. The highest BCUT2D eigenvalue weighted by molar-refractivity contribution is 6.30. The van der Waals surface area contributed by atoms with E-state index in [1.807, 2.05) is 59.5 Å². The molecule has 0 radical (unpaired) electrons. The summed E-state index contributed by atoms with van der Waals surface area (Å²) in [6, 6.07) is 26.5. The van der Waals surface area contributed by atoms with Gasteiger partial charge in [-0.2, -0.15) is 0 Å². The zero-order chi connectivity index (χ0) is 25.6. The maximum atomic E-state index is 12.9. The van der Waals surface area contributed by atoms with Gasteiger partial charge in [0.1, 0.15) is 5.75 Å². The Morgan fingerprint density at radius 2 is 1.76 bits per heavy atom. The number of hydrogen-bond donors (Lipinski definition) is 1. The van der Waals surface area contributed by atoms with E-state index in [0.717, 1.165) is 42.9 Å². The maximum Gasteiger partial charge on any atom is 0.317 e. The first-order valence-corrected chi connectivity index (χ1v) is 13.3. The predicted molar refractivity (Wildman–Crippen MR) is 146 cm³/mol. The van der Waals surface area contributed by atoms with Gasteiger partial charge < -0.3 is 19.7 Å². The van der Waals surface area contributed by atoms with E-state index in [2.05, 4.69) is 34.5 Å². The average molecular weight is 520 g/mol. The Balaban J connectivity index is 1.14. The van der Waals surface area contributed by atoms with Crippen molar-refractivity contribution in [3.05, 3.63) is 101 Å². The number of carbonyl (C=O) groups is 1. The van der Waals surface area contributed by atoms with Gasteiger partial charge in [0.05, 0.1) is 19.8 Å². The lowest BCUT2D eigenvalue weighted by atomic mass is 10.1. The number of urea groups is 1. The zero-order valence-corrected chi connectivity index (χ0v) is 21.9. The van der Waals surface area contributed by atoms with Crippen LogP contribution in [0.5, 0.6) is 5.75 Å². The van der Waals surface area contributed by atoms with Gasteiger partial charge in [0, 0.05) is 49.7 Å². The molecule has 2 amide bonds. The quantitative estimate of drug-likeness (QED) is 0.406. The molecular formula is C30H34ClN3O3. The van der Waals surface area contributed by atoms with Crippen LogP contribution in [0.25, 0.3) is 0 Å². The largest absolute Gasteiger partial charge is 0.497 e. The molecular weight excluding hydrogens is 486 g/mol. The minimum Gasteiger partial charge on any atom is -0.497 e. The van der Waals surface area contributed by atoms with Crippen molar-refractivity contribution >= 4 is 17.6 Å². The highest BCUT2D eigenvalue weighted by Crippen LogP contribution is 2.40. The molecule has 1 aliphatic heterocycles. The van der Waals surface area contributed by atoms with Gasteiger partial charge in [-0.1, -0.05) is 66.2 Å². The van der Waals surface area contributed by atoms with Crippen molar-refractivity contribution in [2.24, 2.45) is 0 Å². The lowest BCUT2D eigenvalue weighted by molar-refractivity contribution is 0.00550. The summed E-state index contributed by atoms with van der Waals surface area (Å²) in [5, 5.41) is 3.94. The van der Waals surface area contributed by atoms with E-state index in [-0.39, 0.29) is 18.2 Å². The summed E-state index contributed by atoms with van der Waals surface area (Å²) in [5.74, 6) is 1.26. The minimum atomic E-state index is -0.109. The van der Waals surface area contributed by atoms with Crippen molar-refractivity contribution < 1.29 is 14.3 Å². The van der Waals surface area contributed by atoms with Crippen molar-refractivity contribution in [2.75, 3.05) is 39.8 Å². The topological polar surface area (TPSA) is 54.0 Å². The number of nitrogens with zero attached hydrogens (tertiary/aromatic N) is 2. The minimum absolute atomic E-state index is 0.0478. The molecule has 3 atom stereocenters. The van der Waals surface area contributed by atoms with E-state index in [1.54, 1.807) is 7.11 Å². The fourth-order valence-electron chi connectivity index (χ4n) is 4.93. The molecule has 194 valence electrons. The number of ether oxygens (including phenoxy) is 2. The van der Waals surface area contributed by atoms with Gasteiger partial charge in [-0.25, -0.2) is 4.79 Å². The Morgan fingerprint density at radius 1 is 1.00 bits per heavy atom. The van der Waals surface area contributed by atoms with Gasteiger partial charge >= 0.3 is 6.03 Å². The molecule has 1 saturated heterocycles. The molecule has 37 heavy (non-hydrogen) atoms. The fraction of sp³-hybridized carbons (Fsp3) is 0.367. The van der Waals surface area contributed by atoms with E-state index < -0.39 is 0 Å². The van der Waals surface area contributed by atoms with Gasteiger partial charge in [-0.05, 0) is 47.4 Å². The van der Waals surface area contributed by atoms with Gasteiger partial charge in [0.25, 0.3) is 0 Å². The molecule has 2 fully saturated rings. The summed E-state index contributed by atoms with van der Waals surface area (Å²) in [7, 11) is 1.67. The second kappa shape index (κ2) is 12.0. The van der Waals surface area contributed by atoms with Crippen molar-refractivity contribution in [3.63, 3.8) is 0 Å². The first-order chi connectivity index (χ1) is 18.1. The molecule has 1 N–H and O–H groups in total. The molecule has 1 aliphatic carbocycles. The number of methoxy groups -OCH3 is 1. The van der Waals surface area contributed by atoms with Crippen LogP contribution in [-0.4, -0.2) is 61.7 Å². The molecule has 7 heteroatoms. The predicted octanol–water partition coefficient (Wildman–Crippen LogP) is 5.49. The summed E-state index contributed by atoms with van der Waals surface area (Å²) >= 11 is 6.14. The Labute approximate surface area is 224 Å². The third kappa shape index (κ3) is 6.83. The molecule has 3 aromatic carbocycles. The Bertz CT molecular complexity index is 1170. The van der Waals surface area contributed by atoms with Crippen LogP contribution >= 0.6 is 11.6 Å². The fourth-order valence-corrected chi connectivity index (χ4v) is 5.06. The number of hydrogen-bond acceptors (Lipinski definition) is 4. The number of piperazine rings is 1. The molecule has 3 aromatic rings. The maximum absolute atomic E-state index is 12.9. The smallest absolute Gasteiger partial charge is 0.317 e. The lowest BCUT2D eigenvalue weighted by Crippen LogP contribution is -2.52. The average Bonchev–Trinajstić information content (AvgIpc) is 3.71. The van der Waals surface area contributed by atoms with Crippen LogP contribution in [0.2, 0.25) is 5.02 Å². The van der Waals surface area contributed by atoms with Crippen molar-refractivity contribution in [2.45, 2.75) is 31.1 Å². The SMILES string of the molecule is COc1cccc(CO[C@@H](CN2CCN(C(=O)N[C@@H]3C[C@H]3c3ccccc3)CC2)c2ccc(Cl)cc2)c1. The second-order valence-corrected chi connectivity index (χ2v) is 10.2. The number of carbonyl (C=O) groups excluding carboxylic acids is 1. The first-order valence-electron chi connectivity index (χ1n) is 12.9. The van der Waals surface area contributed by atoms with Crippen molar-refractivity contribution in [1.29, 1.82) is 0 Å². The third-order valence-corrected chi connectivity index (χ3v) is 7.49. The molecule has 5 rings (SSSR count). The standard InChI is InChI=1S/C30H34ClN3O3/c1-36-26-9-5-6-22(18-26)21-37-29(24-10-12-25(31)13-11-24)20-33-14-16-34(17-15-33)30(35)32-28-19-27(28)23-7-3-2-4-8-23/h2-13,18,27-29H,14-17,19-21H2,1H3,(H,32,35)/t27-,28+,29-/m0/s1. The van der Waals surface area contributed by atoms with E-state index in [9.17, 15) is 4.79 Å². The van der Waals surface area contributed by atoms with Crippen molar-refractivity contribution in [3.8, 4) is 5.75 Å². The summed E-state index contributed by atoms with van der Waals surface area (Å²) in [4.78, 5) is 17.2. The summed E-state index contributed by atoms with van der Waals surface area (Å²) in [6.07, 6.45) is 0.908. The van der Waals surface area contributed by atoms with Gasteiger partial charge in [0.2, 0.25) is 0 Å². The normalized spacial score (nSPS) is 20.3. The Hall–Kier alpha value is -3.06. The summed E-state index contributed by atoms with van der Waals surface area (Å²) < 4.78 is 11.8. The van der Waals surface area contributed by atoms with E-state index >= 15 is 0 Å². The number of rotatable bonds is 9. The number of halogens is 1. The second-order valence-electron chi connectivity index (χ2n) is 9.80. The van der Waals surface area contributed by atoms with Gasteiger partial charge in [-0.15, -0.1) is 0 Å². The first kappa shape index (κ1) is 25.6. The van der Waals surface area contributed by atoms with Crippen LogP contribution in [0.4, 0.5) is 4.79 Å². The molecule has 0 bridgehead atoms. The van der Waals surface area contributed by atoms with Crippen LogP contribution in [0.15, 0.2) is 78.9 Å². The number of amides is 2. The third-order valence-electron chi connectivity index (χ3n) is 7.24. The number of nitrogens with one attached hydrogen (secondary N) is 1. The molecule has 1 saturated carbocycles. The lowest BCUT2D eigenvalue weighted by Gasteiger charge is -2.36. The molecule has 0 aromatic heterocycles. The van der Waals surface area contributed by atoms with Crippen LogP contribution in [-0.2, 0) is 11.3 Å². The van der Waals surface area contributed by atoms with Crippen LogP contribution in [0, 0.1) is 0 Å². The molecule has 6 nitrogen and oxygen atoms in total. The highest BCUT2D eigenvalue weighted by atomic mass is 35.5. The molecule has 1 heterocycles. The van der Waals surface area contributed by atoms with E-state index in [0.29, 0.717) is 30.6 Å². The molecule has 2 aliphatic rings.